The molecule has 0 spiro atoms. The largest absolute Gasteiger partial charge is 0.361 e. The lowest BCUT2D eigenvalue weighted by Crippen LogP contribution is -2.44. The number of hydrogen-bond donors (Lipinski definition) is 1. The fraction of sp³-hybridized carbons (Fsp3) is 0.231. The number of aromatic amines is 1. The molecule has 0 radical (unpaired) electrons. The molecule has 3 heterocycles. The Morgan fingerprint density at radius 1 is 1.00 bits per heavy atom. The molecule has 0 bridgehead atoms. The monoisotopic (exact) mass is 392 g/mol. The van der Waals surface area contributed by atoms with Crippen LogP contribution in [0.4, 0.5) is 0 Å². The van der Waals surface area contributed by atoms with Crippen LogP contribution in [0.1, 0.15) is 23.6 Å². The van der Waals surface area contributed by atoms with Gasteiger partial charge in [-0.2, -0.15) is 0 Å². The molecular formula is C26H24N4. The Balaban J connectivity index is 1.35. The zero-order chi connectivity index (χ0) is 20.1. The molecule has 4 heteroatoms. The number of H-pyrrole nitrogens is 1. The topological polar surface area (TPSA) is 43.8 Å². The predicted octanol–water partition coefficient (Wildman–Crippen LogP) is 5.02. The van der Waals surface area contributed by atoms with Crippen LogP contribution in [-0.2, 0) is 6.54 Å². The van der Waals surface area contributed by atoms with Gasteiger partial charge in [-0.15, -0.1) is 0 Å². The first-order chi connectivity index (χ1) is 14.7. The van der Waals surface area contributed by atoms with E-state index in [4.69, 9.17) is 9.98 Å². The van der Waals surface area contributed by atoms with Crippen molar-refractivity contribution in [3.8, 4) is 0 Å². The van der Waals surface area contributed by atoms with Gasteiger partial charge in [0.25, 0.3) is 0 Å². The zero-order valence-corrected chi connectivity index (χ0v) is 17.1. The number of nitrogens with one attached hydrogen (secondary N) is 1. The average Bonchev–Trinajstić information content (AvgIpc) is 3.42. The molecule has 1 aromatic heterocycles. The van der Waals surface area contributed by atoms with Crippen LogP contribution in [0.15, 0.2) is 76.8 Å². The summed E-state index contributed by atoms with van der Waals surface area (Å²) in [7, 11) is 0. The first kappa shape index (κ1) is 17.6. The van der Waals surface area contributed by atoms with E-state index in [0.717, 1.165) is 40.7 Å². The number of nitrogens with zero attached hydrogens (tertiary/aromatic N) is 3. The smallest absolute Gasteiger partial charge is 0.155 e. The third-order valence-corrected chi connectivity index (χ3v) is 6.29. The van der Waals surface area contributed by atoms with Crippen LogP contribution in [0, 0.1) is 5.92 Å². The van der Waals surface area contributed by atoms with Gasteiger partial charge in [-0.1, -0.05) is 49.4 Å². The second-order valence-corrected chi connectivity index (χ2v) is 8.60. The Kier molecular flexibility index (Phi) is 4.06. The summed E-state index contributed by atoms with van der Waals surface area (Å²) >= 11 is 0. The Morgan fingerprint density at radius 2 is 1.87 bits per heavy atom. The number of likely N-dealkylation sites (tertiary alicyclic amines) is 1. The van der Waals surface area contributed by atoms with Crippen LogP contribution >= 0.6 is 0 Å². The van der Waals surface area contributed by atoms with Crippen LogP contribution < -0.4 is 0 Å². The van der Waals surface area contributed by atoms with Crippen molar-refractivity contribution in [1.82, 2.24) is 9.88 Å². The molecule has 0 aliphatic carbocycles. The van der Waals surface area contributed by atoms with Crippen molar-refractivity contribution in [3.05, 3.63) is 83.6 Å². The van der Waals surface area contributed by atoms with Crippen LogP contribution in [0.25, 0.3) is 21.7 Å². The second kappa shape index (κ2) is 6.92. The van der Waals surface area contributed by atoms with Gasteiger partial charge in [-0.25, -0.2) is 4.99 Å². The van der Waals surface area contributed by atoms with E-state index in [9.17, 15) is 0 Å². The molecule has 2 aliphatic heterocycles. The zero-order valence-electron chi connectivity index (χ0n) is 17.1. The third kappa shape index (κ3) is 2.96. The molecule has 4 aromatic rings. The number of rotatable bonds is 4. The molecule has 2 aliphatic rings. The highest BCUT2D eigenvalue weighted by molar-refractivity contribution is 6.21. The lowest BCUT2D eigenvalue weighted by atomic mass is 9.96. The van der Waals surface area contributed by atoms with Crippen LogP contribution in [0.5, 0.6) is 0 Å². The van der Waals surface area contributed by atoms with Crippen molar-refractivity contribution in [2.45, 2.75) is 13.5 Å². The third-order valence-electron chi connectivity index (χ3n) is 6.29. The molecule has 1 N–H and O–H groups in total. The lowest BCUT2D eigenvalue weighted by molar-refractivity contribution is 0.105. The van der Waals surface area contributed by atoms with Gasteiger partial charge in [-0.3, -0.25) is 9.89 Å². The minimum atomic E-state index is 0.632. The van der Waals surface area contributed by atoms with E-state index in [1.807, 2.05) is 6.20 Å². The van der Waals surface area contributed by atoms with Gasteiger partial charge in [0.05, 0.1) is 12.3 Å². The Labute approximate surface area is 176 Å². The number of amidine groups is 1. The van der Waals surface area contributed by atoms with Gasteiger partial charge < -0.3 is 4.98 Å². The first-order valence-corrected chi connectivity index (χ1v) is 10.7. The van der Waals surface area contributed by atoms with Gasteiger partial charge in [-0.05, 0) is 46.0 Å². The summed E-state index contributed by atoms with van der Waals surface area (Å²) < 4.78 is 0. The van der Waals surface area contributed by atoms with E-state index in [1.165, 1.54) is 34.8 Å². The lowest BCUT2D eigenvalue weighted by Gasteiger charge is -2.37. The number of benzene rings is 3. The molecule has 1 fully saturated rings. The second-order valence-electron chi connectivity index (χ2n) is 8.60. The Hall–Kier alpha value is -3.24. The summed E-state index contributed by atoms with van der Waals surface area (Å²) in [5.74, 6) is 1.67. The maximum Gasteiger partial charge on any atom is 0.155 e. The van der Waals surface area contributed by atoms with E-state index in [1.54, 1.807) is 0 Å². The van der Waals surface area contributed by atoms with Crippen LogP contribution in [0.3, 0.4) is 0 Å². The normalized spacial score (nSPS) is 17.4. The fourth-order valence-corrected chi connectivity index (χ4v) is 4.77. The number of hydrogen-bond acceptors (Lipinski definition) is 3. The Morgan fingerprint density at radius 3 is 2.73 bits per heavy atom. The number of aliphatic imine (C=N–C) groups is 2. The molecule has 0 unspecified atom stereocenters. The van der Waals surface area contributed by atoms with E-state index >= 15 is 0 Å². The van der Waals surface area contributed by atoms with E-state index in [2.05, 4.69) is 77.5 Å². The van der Waals surface area contributed by atoms with Gasteiger partial charge in [0.15, 0.2) is 5.84 Å². The SMILES string of the molecule is CC1CN(Cc2ccc(C3=NCC(c4ccc5[nH]ccc5c4)=N3)c3ccccc23)C1. The summed E-state index contributed by atoms with van der Waals surface area (Å²) in [6.45, 7) is 6.36. The fourth-order valence-electron chi connectivity index (χ4n) is 4.77. The average molecular weight is 393 g/mol. The van der Waals surface area contributed by atoms with Crippen molar-refractivity contribution < 1.29 is 0 Å². The summed E-state index contributed by atoms with van der Waals surface area (Å²) in [6, 6.07) is 21.7. The summed E-state index contributed by atoms with van der Waals surface area (Å²) in [5, 5.41) is 3.77. The molecule has 0 amide bonds. The maximum absolute atomic E-state index is 4.94. The first-order valence-electron chi connectivity index (χ1n) is 10.7. The minimum Gasteiger partial charge on any atom is -0.361 e. The van der Waals surface area contributed by atoms with Crippen LogP contribution in [-0.4, -0.2) is 41.1 Å². The predicted molar refractivity (Wildman–Crippen MR) is 125 cm³/mol. The summed E-state index contributed by atoms with van der Waals surface area (Å²) in [5.41, 5.74) is 5.85. The molecular weight excluding hydrogens is 368 g/mol. The van der Waals surface area contributed by atoms with Gasteiger partial charge in [0.2, 0.25) is 0 Å². The molecule has 6 rings (SSSR count). The van der Waals surface area contributed by atoms with E-state index in [-0.39, 0.29) is 0 Å². The van der Waals surface area contributed by atoms with E-state index < -0.39 is 0 Å². The van der Waals surface area contributed by atoms with Gasteiger partial charge >= 0.3 is 0 Å². The van der Waals surface area contributed by atoms with Crippen LogP contribution in [0.2, 0.25) is 0 Å². The molecule has 0 atom stereocenters. The highest BCUT2D eigenvalue weighted by Crippen LogP contribution is 2.28. The highest BCUT2D eigenvalue weighted by Gasteiger charge is 2.23. The number of aromatic nitrogens is 1. The van der Waals surface area contributed by atoms with Gasteiger partial charge in [0.1, 0.15) is 0 Å². The van der Waals surface area contributed by atoms with Crippen molar-refractivity contribution in [2.75, 3.05) is 19.6 Å². The standard InChI is InChI=1S/C26H24N4/c1-17-14-30(15-17)16-20-6-8-23(22-5-3-2-4-21(20)22)26-28-13-25(29-26)18-7-9-24-19(12-18)10-11-27-24/h2-12,17,27H,13-16H2,1H3. The van der Waals surface area contributed by atoms with Crippen molar-refractivity contribution in [3.63, 3.8) is 0 Å². The summed E-state index contributed by atoms with van der Waals surface area (Å²) in [6.07, 6.45) is 1.97. The van der Waals surface area contributed by atoms with Crippen molar-refractivity contribution in [1.29, 1.82) is 0 Å². The molecule has 1 saturated heterocycles. The molecule has 30 heavy (non-hydrogen) atoms. The van der Waals surface area contributed by atoms with Crippen molar-refractivity contribution in [2.24, 2.45) is 15.9 Å². The quantitative estimate of drug-likeness (QED) is 0.521. The maximum atomic E-state index is 4.94. The number of fused-ring (bicyclic) bond motifs is 2. The molecule has 0 saturated carbocycles. The van der Waals surface area contributed by atoms with Gasteiger partial charge in [0, 0.05) is 42.3 Å². The molecule has 4 nitrogen and oxygen atoms in total. The molecule has 148 valence electrons. The highest BCUT2D eigenvalue weighted by atomic mass is 15.2. The minimum absolute atomic E-state index is 0.632. The Bertz CT molecular complexity index is 1320. The van der Waals surface area contributed by atoms with E-state index in [0.29, 0.717) is 6.54 Å². The van der Waals surface area contributed by atoms with Crippen molar-refractivity contribution >= 4 is 33.2 Å². The summed E-state index contributed by atoms with van der Waals surface area (Å²) in [4.78, 5) is 15.5. The molecule has 3 aromatic carbocycles.